The quantitative estimate of drug-likeness (QED) is 0.726. The molecule has 25 heavy (non-hydrogen) atoms. The number of benzene rings is 1. The van der Waals surface area contributed by atoms with Crippen molar-refractivity contribution in [1.29, 1.82) is 0 Å². The van der Waals surface area contributed by atoms with Crippen LogP contribution in [0, 0.1) is 6.92 Å². The van der Waals surface area contributed by atoms with Crippen molar-refractivity contribution in [3.05, 3.63) is 54.4 Å². The van der Waals surface area contributed by atoms with Crippen LogP contribution >= 0.6 is 0 Å². The summed E-state index contributed by atoms with van der Waals surface area (Å²) in [5.41, 5.74) is 4.08. The molecule has 1 aromatic carbocycles. The molecule has 0 saturated carbocycles. The van der Waals surface area contributed by atoms with E-state index >= 15 is 0 Å². The molecule has 1 N–H and O–H groups in total. The average Bonchev–Trinajstić information content (AvgIpc) is 3.08. The lowest BCUT2D eigenvalue weighted by atomic mass is 10.2. The predicted molar refractivity (Wildman–Crippen MR) is 93.7 cm³/mol. The second-order valence-electron chi connectivity index (χ2n) is 6.16. The zero-order valence-corrected chi connectivity index (χ0v) is 14.8. The smallest absolute Gasteiger partial charge is 0.287 e. The molecule has 0 radical (unpaired) electrons. The van der Waals surface area contributed by atoms with Gasteiger partial charge in [0.05, 0.1) is 24.3 Å². The van der Waals surface area contributed by atoms with Crippen LogP contribution in [0.1, 0.15) is 5.56 Å². The Balaban J connectivity index is 1.66. The van der Waals surface area contributed by atoms with Crippen LogP contribution in [0.15, 0.2) is 53.7 Å². The zero-order chi connectivity index (χ0) is 17.4. The van der Waals surface area contributed by atoms with Gasteiger partial charge in [-0.15, -0.1) is 0 Å². The lowest BCUT2D eigenvalue weighted by molar-refractivity contribution is -0.509. The number of ether oxygens (including phenoxy) is 1. The summed E-state index contributed by atoms with van der Waals surface area (Å²) in [7, 11) is -3.45. The van der Waals surface area contributed by atoms with Crippen molar-refractivity contribution in [2.45, 2.75) is 11.8 Å². The monoisotopic (exact) mass is 358 g/mol. The summed E-state index contributed by atoms with van der Waals surface area (Å²) in [4.78, 5) is 3.71. The van der Waals surface area contributed by atoms with Crippen molar-refractivity contribution in [3.8, 4) is 11.3 Å². The summed E-state index contributed by atoms with van der Waals surface area (Å²) in [6.07, 6.45) is 3.99. The maximum atomic E-state index is 12.7. The standard InChI is InChI=1S/C18H19N3O3S/c1-14-3-2-8-20-13-17(19-18(14)20)15-4-6-16(7-5-15)25(22,23)21-9-11-24-12-10-21/h2-8,13H,9-12H2,1H3/p+1. The van der Waals surface area contributed by atoms with E-state index in [1.807, 2.05) is 48.0 Å². The van der Waals surface area contributed by atoms with Crippen molar-refractivity contribution in [1.82, 2.24) is 9.29 Å². The largest absolute Gasteiger partial charge is 0.379 e. The Bertz CT molecular complexity index is 1000. The molecule has 0 unspecified atom stereocenters. The molecular formula is C18H20N3O3S+. The molecule has 1 saturated heterocycles. The summed E-state index contributed by atoms with van der Waals surface area (Å²) in [6.45, 7) is 3.75. The van der Waals surface area contributed by atoms with Gasteiger partial charge in [-0.1, -0.05) is 0 Å². The molecule has 2 aromatic heterocycles. The van der Waals surface area contributed by atoms with E-state index in [0.717, 1.165) is 22.5 Å². The number of aromatic nitrogens is 2. The second-order valence-corrected chi connectivity index (χ2v) is 8.09. The predicted octanol–water partition coefficient (Wildman–Crippen LogP) is 1.75. The van der Waals surface area contributed by atoms with Crippen LogP contribution in [-0.4, -0.2) is 44.0 Å². The van der Waals surface area contributed by atoms with Crippen molar-refractivity contribution in [3.63, 3.8) is 0 Å². The highest BCUT2D eigenvalue weighted by Gasteiger charge is 2.26. The number of aromatic amines is 1. The van der Waals surface area contributed by atoms with Gasteiger partial charge >= 0.3 is 0 Å². The van der Waals surface area contributed by atoms with Crippen molar-refractivity contribution >= 4 is 15.7 Å². The van der Waals surface area contributed by atoms with E-state index in [2.05, 4.69) is 4.98 Å². The fourth-order valence-corrected chi connectivity index (χ4v) is 4.50. The number of sulfonamides is 1. The fourth-order valence-electron chi connectivity index (χ4n) is 3.10. The summed E-state index contributed by atoms with van der Waals surface area (Å²) in [6, 6.07) is 11.1. The van der Waals surface area contributed by atoms with E-state index in [1.165, 1.54) is 4.31 Å². The van der Waals surface area contributed by atoms with Gasteiger partial charge in [-0.3, -0.25) is 0 Å². The molecule has 4 rings (SSSR count). The number of aryl methyl sites for hydroxylation is 1. The number of morpholine rings is 1. The molecule has 0 aliphatic carbocycles. The molecule has 0 amide bonds. The Hall–Kier alpha value is -2.22. The molecule has 130 valence electrons. The lowest BCUT2D eigenvalue weighted by Gasteiger charge is -2.26. The first-order valence-corrected chi connectivity index (χ1v) is 9.68. The minimum absolute atomic E-state index is 0.318. The van der Waals surface area contributed by atoms with Crippen LogP contribution in [-0.2, 0) is 14.8 Å². The maximum absolute atomic E-state index is 12.7. The number of H-pyrrole nitrogens is 1. The van der Waals surface area contributed by atoms with Gasteiger partial charge in [0.15, 0.2) is 5.69 Å². The number of nitrogens with one attached hydrogen (secondary N) is 1. The zero-order valence-electron chi connectivity index (χ0n) is 14.0. The van der Waals surface area contributed by atoms with E-state index in [9.17, 15) is 8.42 Å². The Morgan fingerprint density at radius 3 is 2.52 bits per heavy atom. The van der Waals surface area contributed by atoms with Crippen LogP contribution in [0.2, 0.25) is 0 Å². The number of hydrogen-bond donors (Lipinski definition) is 1. The van der Waals surface area contributed by atoms with E-state index in [-0.39, 0.29) is 0 Å². The number of imidazole rings is 1. The third-order valence-corrected chi connectivity index (χ3v) is 6.43. The Kier molecular flexibility index (Phi) is 4.07. The molecular weight excluding hydrogens is 338 g/mol. The Labute approximate surface area is 146 Å². The Morgan fingerprint density at radius 1 is 1.12 bits per heavy atom. The number of hydrogen-bond acceptors (Lipinski definition) is 3. The van der Waals surface area contributed by atoms with Gasteiger partial charge in [0.2, 0.25) is 10.0 Å². The van der Waals surface area contributed by atoms with E-state index in [4.69, 9.17) is 4.74 Å². The molecule has 6 nitrogen and oxygen atoms in total. The molecule has 3 heterocycles. The van der Waals surface area contributed by atoms with Crippen LogP contribution in [0.4, 0.5) is 0 Å². The Morgan fingerprint density at radius 2 is 1.84 bits per heavy atom. The normalized spacial score (nSPS) is 16.4. The van der Waals surface area contributed by atoms with Crippen LogP contribution in [0.3, 0.4) is 0 Å². The summed E-state index contributed by atoms with van der Waals surface area (Å²) >= 11 is 0. The first kappa shape index (κ1) is 16.3. The van der Waals surface area contributed by atoms with Gasteiger partial charge in [-0.25, -0.2) is 17.8 Å². The van der Waals surface area contributed by atoms with Gasteiger partial charge in [-0.2, -0.15) is 4.31 Å². The molecule has 7 heteroatoms. The summed E-state index contributed by atoms with van der Waals surface area (Å²) in [5.74, 6) is 0. The van der Waals surface area contributed by atoms with Crippen molar-refractivity contribution in [2.24, 2.45) is 0 Å². The van der Waals surface area contributed by atoms with Gasteiger partial charge in [0.1, 0.15) is 6.20 Å². The third kappa shape index (κ3) is 2.95. The fraction of sp³-hybridized carbons (Fsp3) is 0.278. The van der Waals surface area contributed by atoms with E-state index in [0.29, 0.717) is 31.2 Å². The highest BCUT2D eigenvalue weighted by molar-refractivity contribution is 7.89. The number of rotatable bonds is 3. The summed E-state index contributed by atoms with van der Waals surface area (Å²) < 4.78 is 34.1. The lowest BCUT2D eigenvalue weighted by Crippen LogP contribution is -2.40. The van der Waals surface area contributed by atoms with Crippen LogP contribution in [0.5, 0.6) is 0 Å². The molecule has 1 aliphatic rings. The minimum atomic E-state index is -3.45. The molecule has 3 aromatic rings. The third-order valence-electron chi connectivity index (χ3n) is 4.52. The molecule has 1 aliphatic heterocycles. The number of pyridine rings is 1. The maximum Gasteiger partial charge on any atom is 0.287 e. The van der Waals surface area contributed by atoms with Gasteiger partial charge < -0.3 is 4.74 Å². The van der Waals surface area contributed by atoms with Gasteiger partial charge in [-0.05, 0) is 43.3 Å². The molecule has 0 spiro atoms. The average molecular weight is 358 g/mol. The number of nitrogens with zero attached hydrogens (tertiary/aromatic N) is 2. The van der Waals surface area contributed by atoms with Crippen LogP contribution in [0.25, 0.3) is 16.9 Å². The molecule has 0 bridgehead atoms. The highest BCUT2D eigenvalue weighted by atomic mass is 32.2. The first-order chi connectivity index (χ1) is 12.1. The molecule has 0 atom stereocenters. The SMILES string of the molecule is Cc1ccc[n+]2cc(-c3ccc(S(=O)(=O)N4CCOCC4)cc3)[nH]c12. The van der Waals surface area contributed by atoms with Gasteiger partial charge in [0, 0.05) is 24.2 Å². The number of fused-ring (bicyclic) bond motifs is 1. The summed E-state index contributed by atoms with van der Waals surface area (Å²) in [5, 5.41) is 0. The van der Waals surface area contributed by atoms with Crippen LogP contribution < -0.4 is 4.40 Å². The first-order valence-electron chi connectivity index (χ1n) is 8.24. The van der Waals surface area contributed by atoms with Crippen molar-refractivity contribution in [2.75, 3.05) is 26.3 Å². The van der Waals surface area contributed by atoms with Crippen molar-refractivity contribution < 1.29 is 17.6 Å². The molecule has 1 fully saturated rings. The van der Waals surface area contributed by atoms with E-state index in [1.54, 1.807) is 12.1 Å². The highest BCUT2D eigenvalue weighted by Crippen LogP contribution is 2.22. The van der Waals surface area contributed by atoms with E-state index < -0.39 is 10.0 Å². The topological polar surface area (TPSA) is 66.5 Å². The minimum Gasteiger partial charge on any atom is -0.379 e. The van der Waals surface area contributed by atoms with Gasteiger partial charge in [0.25, 0.3) is 5.65 Å². The second kappa shape index (κ2) is 6.25.